The van der Waals surface area contributed by atoms with Crippen molar-refractivity contribution in [1.29, 1.82) is 0 Å². The molecule has 0 fully saturated rings. The molecule has 1 heterocycles. The zero-order chi connectivity index (χ0) is 11.3. The molecule has 0 saturated carbocycles. The molecule has 0 unspecified atom stereocenters. The van der Waals surface area contributed by atoms with E-state index in [1.54, 1.807) is 0 Å². The lowest BCUT2D eigenvalue weighted by Gasteiger charge is -2.35. The Kier molecular flexibility index (Phi) is 4.24. The molecule has 0 spiro atoms. The highest BCUT2D eigenvalue weighted by atomic mass is 16.3. The third-order valence-corrected chi connectivity index (χ3v) is 2.88. The summed E-state index contributed by atoms with van der Waals surface area (Å²) in [6.07, 6.45) is 2.58. The van der Waals surface area contributed by atoms with Crippen LogP contribution in [0.2, 0.25) is 0 Å². The second-order valence-corrected chi connectivity index (χ2v) is 4.46. The topological polar surface area (TPSA) is 36.4 Å². The smallest absolute Gasteiger partial charge is 0.0544 e. The standard InChI is InChI=1S/C12H20N2O/c1-12(2,7-9-15)14(3)10-11-6-4-5-8-13-11/h4-6,8,15H,7,9-10H2,1-3H3. The van der Waals surface area contributed by atoms with E-state index >= 15 is 0 Å². The molecule has 15 heavy (non-hydrogen) atoms. The van der Waals surface area contributed by atoms with Gasteiger partial charge in [-0.25, -0.2) is 0 Å². The summed E-state index contributed by atoms with van der Waals surface area (Å²) >= 11 is 0. The SMILES string of the molecule is CN(Cc1ccccn1)C(C)(C)CCO. The van der Waals surface area contributed by atoms with Crippen molar-refractivity contribution in [2.45, 2.75) is 32.4 Å². The van der Waals surface area contributed by atoms with E-state index in [0.29, 0.717) is 0 Å². The number of pyridine rings is 1. The highest BCUT2D eigenvalue weighted by Crippen LogP contribution is 2.18. The molecule has 0 aliphatic carbocycles. The number of rotatable bonds is 5. The predicted molar refractivity (Wildman–Crippen MR) is 61.5 cm³/mol. The van der Waals surface area contributed by atoms with Crippen molar-refractivity contribution in [2.75, 3.05) is 13.7 Å². The fourth-order valence-corrected chi connectivity index (χ4v) is 1.41. The van der Waals surface area contributed by atoms with Crippen molar-refractivity contribution < 1.29 is 5.11 Å². The molecular weight excluding hydrogens is 188 g/mol. The maximum Gasteiger partial charge on any atom is 0.0544 e. The van der Waals surface area contributed by atoms with Crippen LogP contribution >= 0.6 is 0 Å². The van der Waals surface area contributed by atoms with Gasteiger partial charge in [0, 0.05) is 24.9 Å². The van der Waals surface area contributed by atoms with Gasteiger partial charge in [0.05, 0.1) is 5.69 Å². The van der Waals surface area contributed by atoms with E-state index in [4.69, 9.17) is 5.11 Å². The molecule has 0 aliphatic heterocycles. The summed E-state index contributed by atoms with van der Waals surface area (Å²) in [5.74, 6) is 0. The number of aromatic nitrogens is 1. The van der Waals surface area contributed by atoms with E-state index in [1.807, 2.05) is 24.4 Å². The second-order valence-electron chi connectivity index (χ2n) is 4.46. The third kappa shape index (κ3) is 3.61. The van der Waals surface area contributed by atoms with Crippen LogP contribution in [0.5, 0.6) is 0 Å². The van der Waals surface area contributed by atoms with Crippen molar-refractivity contribution in [3.63, 3.8) is 0 Å². The number of hydrogen-bond acceptors (Lipinski definition) is 3. The first-order valence-corrected chi connectivity index (χ1v) is 5.28. The lowest BCUT2D eigenvalue weighted by Crippen LogP contribution is -2.41. The molecule has 0 aliphatic rings. The van der Waals surface area contributed by atoms with Gasteiger partial charge in [-0.15, -0.1) is 0 Å². The lowest BCUT2D eigenvalue weighted by molar-refractivity contribution is 0.109. The summed E-state index contributed by atoms with van der Waals surface area (Å²) in [5.41, 5.74) is 1.07. The molecule has 0 radical (unpaired) electrons. The fraction of sp³-hybridized carbons (Fsp3) is 0.583. The Bertz CT molecular complexity index is 285. The fourth-order valence-electron chi connectivity index (χ4n) is 1.41. The van der Waals surface area contributed by atoms with Gasteiger partial charge >= 0.3 is 0 Å². The summed E-state index contributed by atoms with van der Waals surface area (Å²) in [4.78, 5) is 6.50. The number of aliphatic hydroxyl groups is 1. The Labute approximate surface area is 91.8 Å². The zero-order valence-electron chi connectivity index (χ0n) is 9.77. The first-order chi connectivity index (χ1) is 7.06. The minimum Gasteiger partial charge on any atom is -0.396 e. The molecule has 3 heteroatoms. The van der Waals surface area contributed by atoms with Gasteiger partial charge in [0.2, 0.25) is 0 Å². The van der Waals surface area contributed by atoms with Crippen molar-refractivity contribution in [1.82, 2.24) is 9.88 Å². The minimum atomic E-state index is 0.00622. The van der Waals surface area contributed by atoms with Crippen LogP contribution in [0.1, 0.15) is 26.0 Å². The molecule has 0 amide bonds. The van der Waals surface area contributed by atoms with Crippen molar-refractivity contribution in [2.24, 2.45) is 0 Å². The molecule has 3 nitrogen and oxygen atoms in total. The molecule has 0 bridgehead atoms. The van der Waals surface area contributed by atoms with E-state index in [-0.39, 0.29) is 12.1 Å². The van der Waals surface area contributed by atoms with Crippen LogP contribution in [0.4, 0.5) is 0 Å². The summed E-state index contributed by atoms with van der Waals surface area (Å²) in [7, 11) is 2.06. The molecule has 0 atom stereocenters. The van der Waals surface area contributed by atoms with Gasteiger partial charge in [-0.05, 0) is 39.4 Å². The third-order valence-electron chi connectivity index (χ3n) is 2.88. The number of aliphatic hydroxyl groups excluding tert-OH is 1. The molecule has 84 valence electrons. The molecule has 1 aromatic heterocycles. The van der Waals surface area contributed by atoms with Crippen molar-refractivity contribution in [3.8, 4) is 0 Å². The Morgan fingerprint density at radius 3 is 2.67 bits per heavy atom. The van der Waals surface area contributed by atoms with Crippen LogP contribution in [0.25, 0.3) is 0 Å². The molecule has 0 saturated heterocycles. The molecule has 0 aromatic carbocycles. The average molecular weight is 208 g/mol. The van der Waals surface area contributed by atoms with E-state index in [1.165, 1.54) is 0 Å². The van der Waals surface area contributed by atoms with Crippen LogP contribution in [0.15, 0.2) is 24.4 Å². The van der Waals surface area contributed by atoms with Gasteiger partial charge < -0.3 is 5.11 Å². The quantitative estimate of drug-likeness (QED) is 0.799. The van der Waals surface area contributed by atoms with E-state index in [9.17, 15) is 0 Å². The Balaban J connectivity index is 2.59. The monoisotopic (exact) mass is 208 g/mol. The Morgan fingerprint density at radius 1 is 1.40 bits per heavy atom. The molecule has 1 N–H and O–H groups in total. The number of nitrogens with zero attached hydrogens (tertiary/aromatic N) is 2. The number of hydrogen-bond donors (Lipinski definition) is 1. The predicted octanol–water partition coefficient (Wildman–Crippen LogP) is 1.67. The van der Waals surface area contributed by atoms with Crippen LogP contribution in [-0.4, -0.2) is 34.2 Å². The van der Waals surface area contributed by atoms with Crippen LogP contribution in [-0.2, 0) is 6.54 Å². The molecule has 1 rings (SSSR count). The van der Waals surface area contributed by atoms with Crippen LogP contribution in [0.3, 0.4) is 0 Å². The largest absolute Gasteiger partial charge is 0.396 e. The summed E-state index contributed by atoms with van der Waals surface area (Å²) in [5, 5.41) is 8.97. The minimum absolute atomic E-state index is 0.00622. The maximum atomic E-state index is 8.97. The summed E-state index contributed by atoms with van der Waals surface area (Å²) in [6.45, 7) is 5.30. The Hall–Kier alpha value is -0.930. The normalized spacial score (nSPS) is 12.1. The van der Waals surface area contributed by atoms with Crippen molar-refractivity contribution in [3.05, 3.63) is 30.1 Å². The van der Waals surface area contributed by atoms with Gasteiger partial charge in [0.15, 0.2) is 0 Å². The average Bonchev–Trinajstić information content (AvgIpc) is 2.19. The van der Waals surface area contributed by atoms with Crippen LogP contribution in [0, 0.1) is 0 Å². The van der Waals surface area contributed by atoms with Gasteiger partial charge in [-0.1, -0.05) is 6.07 Å². The van der Waals surface area contributed by atoms with E-state index in [0.717, 1.165) is 18.7 Å². The van der Waals surface area contributed by atoms with E-state index in [2.05, 4.69) is 30.8 Å². The summed E-state index contributed by atoms with van der Waals surface area (Å²) < 4.78 is 0. The van der Waals surface area contributed by atoms with Gasteiger partial charge in [0.1, 0.15) is 0 Å². The van der Waals surface area contributed by atoms with Gasteiger partial charge in [-0.2, -0.15) is 0 Å². The molecular formula is C12H20N2O. The van der Waals surface area contributed by atoms with Crippen molar-refractivity contribution >= 4 is 0 Å². The highest BCUT2D eigenvalue weighted by molar-refractivity contribution is 5.03. The Morgan fingerprint density at radius 2 is 2.13 bits per heavy atom. The molecule has 1 aromatic rings. The first kappa shape index (κ1) is 12.1. The van der Waals surface area contributed by atoms with Gasteiger partial charge in [0.25, 0.3) is 0 Å². The lowest BCUT2D eigenvalue weighted by atomic mass is 9.99. The van der Waals surface area contributed by atoms with Gasteiger partial charge in [-0.3, -0.25) is 9.88 Å². The van der Waals surface area contributed by atoms with E-state index < -0.39 is 0 Å². The maximum absolute atomic E-state index is 8.97. The second kappa shape index (κ2) is 5.24. The first-order valence-electron chi connectivity index (χ1n) is 5.28. The zero-order valence-corrected chi connectivity index (χ0v) is 9.77. The highest BCUT2D eigenvalue weighted by Gasteiger charge is 2.22. The van der Waals surface area contributed by atoms with Crippen LogP contribution < -0.4 is 0 Å². The summed E-state index contributed by atoms with van der Waals surface area (Å²) in [6, 6.07) is 5.93.